The number of anilines is 5. The molecule has 9 aromatic carbocycles. The number of fused-ring (bicyclic) bond motifs is 6. The Morgan fingerprint density at radius 2 is 0.833 bits per heavy atom. The first-order valence-corrected chi connectivity index (χ1v) is 22.9. The van der Waals surface area contributed by atoms with Gasteiger partial charge in [0.25, 0.3) is 0 Å². The minimum atomic E-state index is 0.181. The van der Waals surface area contributed by atoms with Crippen molar-refractivity contribution in [2.75, 3.05) is 9.80 Å². The molecule has 0 spiro atoms. The van der Waals surface area contributed by atoms with Gasteiger partial charge in [0.2, 0.25) is 0 Å². The third-order valence-electron chi connectivity index (χ3n) is 13.4. The van der Waals surface area contributed by atoms with Crippen LogP contribution in [-0.4, -0.2) is 15.2 Å². The van der Waals surface area contributed by atoms with Crippen molar-refractivity contribution in [1.29, 1.82) is 0 Å². The SMILES string of the molecule is CC1=CCC(N(c2ccc(-c3ccc(N(c4ccc(C)cc4)c4ccc5c(c4)c4ccccc4n5-c4ccccc4)cc3)cc2)c2ccc3c(c2)c2ccccc2n3-c2ccccc2)C=C1. The van der Waals surface area contributed by atoms with E-state index in [9.17, 15) is 0 Å². The minimum Gasteiger partial charge on any atom is -0.334 e. The Balaban J connectivity index is 0.903. The maximum absolute atomic E-state index is 2.51. The summed E-state index contributed by atoms with van der Waals surface area (Å²) in [5.41, 5.74) is 17.7. The maximum atomic E-state index is 2.51. The topological polar surface area (TPSA) is 16.3 Å². The van der Waals surface area contributed by atoms with Crippen molar-refractivity contribution < 1.29 is 0 Å². The smallest absolute Gasteiger partial charge is 0.0560 e. The van der Waals surface area contributed by atoms with Crippen molar-refractivity contribution in [2.24, 2.45) is 0 Å². The van der Waals surface area contributed by atoms with Gasteiger partial charge in [0.15, 0.2) is 0 Å². The van der Waals surface area contributed by atoms with Crippen LogP contribution >= 0.6 is 0 Å². The lowest BCUT2D eigenvalue weighted by Crippen LogP contribution is -2.30. The molecule has 1 aliphatic carbocycles. The highest BCUT2D eigenvalue weighted by Crippen LogP contribution is 2.42. The molecule has 2 aromatic heterocycles. The van der Waals surface area contributed by atoms with Crippen molar-refractivity contribution >= 4 is 72.0 Å². The van der Waals surface area contributed by atoms with Gasteiger partial charge in [-0.15, -0.1) is 0 Å². The summed E-state index contributed by atoms with van der Waals surface area (Å²) >= 11 is 0. The normalized spacial score (nSPS) is 13.7. The average Bonchev–Trinajstić information content (AvgIpc) is 3.89. The van der Waals surface area contributed by atoms with Crippen molar-refractivity contribution in [3.63, 3.8) is 0 Å². The summed E-state index contributed by atoms with van der Waals surface area (Å²) < 4.78 is 4.76. The van der Waals surface area contributed by atoms with Crippen LogP contribution in [0.2, 0.25) is 0 Å². The number of benzene rings is 9. The van der Waals surface area contributed by atoms with Gasteiger partial charge in [0.05, 0.1) is 28.1 Å². The molecule has 316 valence electrons. The van der Waals surface area contributed by atoms with Crippen LogP contribution in [0.15, 0.2) is 242 Å². The third kappa shape index (κ3) is 6.86. The predicted octanol–water partition coefficient (Wildman–Crippen LogP) is 16.7. The third-order valence-corrected chi connectivity index (χ3v) is 13.4. The van der Waals surface area contributed by atoms with Crippen molar-refractivity contribution in [3.05, 3.63) is 248 Å². The van der Waals surface area contributed by atoms with Gasteiger partial charge in [-0.3, -0.25) is 0 Å². The fourth-order valence-electron chi connectivity index (χ4n) is 10.1. The summed E-state index contributed by atoms with van der Waals surface area (Å²) in [5, 5.41) is 4.97. The Kier molecular flexibility index (Phi) is 9.72. The van der Waals surface area contributed by atoms with Gasteiger partial charge in [-0.2, -0.15) is 0 Å². The van der Waals surface area contributed by atoms with Gasteiger partial charge < -0.3 is 18.9 Å². The molecular weight excluding hydrogens is 801 g/mol. The quantitative estimate of drug-likeness (QED) is 0.144. The van der Waals surface area contributed by atoms with E-state index in [1.165, 1.54) is 82.9 Å². The highest BCUT2D eigenvalue weighted by molar-refractivity contribution is 6.11. The molecule has 1 unspecified atom stereocenters. The Hall–Kier alpha value is -8.34. The van der Waals surface area contributed by atoms with E-state index in [0.29, 0.717) is 0 Å². The van der Waals surface area contributed by atoms with Crippen LogP contribution in [0.1, 0.15) is 18.9 Å². The van der Waals surface area contributed by atoms with Crippen LogP contribution in [0, 0.1) is 6.92 Å². The van der Waals surface area contributed by atoms with Crippen molar-refractivity contribution in [2.45, 2.75) is 26.3 Å². The van der Waals surface area contributed by atoms with E-state index in [1.807, 2.05) is 0 Å². The second-order valence-corrected chi connectivity index (χ2v) is 17.5. The number of allylic oxidation sites excluding steroid dienone is 2. The summed E-state index contributed by atoms with van der Waals surface area (Å²) in [5.74, 6) is 0. The van der Waals surface area contributed by atoms with E-state index < -0.39 is 0 Å². The molecule has 1 atom stereocenters. The molecule has 66 heavy (non-hydrogen) atoms. The largest absolute Gasteiger partial charge is 0.334 e. The molecule has 1 aliphatic rings. The number of rotatable bonds is 9. The highest BCUT2D eigenvalue weighted by atomic mass is 15.2. The van der Waals surface area contributed by atoms with Gasteiger partial charge in [0.1, 0.15) is 0 Å². The van der Waals surface area contributed by atoms with Gasteiger partial charge in [0, 0.05) is 61.4 Å². The van der Waals surface area contributed by atoms with E-state index in [2.05, 4.69) is 269 Å². The van der Waals surface area contributed by atoms with Crippen molar-refractivity contribution in [1.82, 2.24) is 9.13 Å². The van der Waals surface area contributed by atoms with E-state index in [0.717, 1.165) is 29.2 Å². The number of aryl methyl sites for hydroxylation is 1. The molecule has 0 radical (unpaired) electrons. The zero-order chi connectivity index (χ0) is 44.1. The number of hydrogen-bond acceptors (Lipinski definition) is 2. The van der Waals surface area contributed by atoms with E-state index in [4.69, 9.17) is 0 Å². The molecule has 4 nitrogen and oxygen atoms in total. The fourth-order valence-corrected chi connectivity index (χ4v) is 10.1. The van der Waals surface area contributed by atoms with E-state index in [1.54, 1.807) is 0 Å². The standard InChI is InChI=1S/C62H48N4/c1-43-21-29-49(30-22-43)63(53-37-39-61-57(41-53)55-17-9-11-19-59(55)65(61)47-13-5-3-6-14-47)51-33-25-45(26-34-51)46-27-35-52(36-28-46)64(50-31-23-44(2)24-32-50)54-38-40-62-58(42-54)56-18-10-12-20-60(56)66(62)48-15-7-4-8-16-48/h3-31,33-42,50H,32H2,1-2H3. The second kappa shape index (κ2) is 16.3. The molecular formula is C62H48N4. The number of para-hydroxylation sites is 4. The van der Waals surface area contributed by atoms with Crippen LogP contribution in [-0.2, 0) is 0 Å². The minimum absolute atomic E-state index is 0.181. The molecule has 11 aromatic rings. The monoisotopic (exact) mass is 848 g/mol. The van der Waals surface area contributed by atoms with Crippen LogP contribution in [0.5, 0.6) is 0 Å². The van der Waals surface area contributed by atoms with Crippen LogP contribution in [0.25, 0.3) is 66.1 Å². The second-order valence-electron chi connectivity index (χ2n) is 17.5. The predicted molar refractivity (Wildman–Crippen MR) is 280 cm³/mol. The lowest BCUT2D eigenvalue weighted by atomic mass is 9.99. The van der Waals surface area contributed by atoms with Crippen LogP contribution in [0.3, 0.4) is 0 Å². The molecule has 0 amide bonds. The Morgan fingerprint density at radius 3 is 1.36 bits per heavy atom. The number of hydrogen-bond donors (Lipinski definition) is 0. The van der Waals surface area contributed by atoms with E-state index in [-0.39, 0.29) is 6.04 Å². The lowest BCUT2D eigenvalue weighted by molar-refractivity contribution is 0.780. The average molecular weight is 849 g/mol. The molecule has 0 aliphatic heterocycles. The Bertz CT molecular complexity index is 3610. The maximum Gasteiger partial charge on any atom is 0.0560 e. The zero-order valence-corrected chi connectivity index (χ0v) is 37.1. The summed E-state index contributed by atoms with van der Waals surface area (Å²) in [7, 11) is 0. The van der Waals surface area contributed by atoms with Crippen LogP contribution in [0.4, 0.5) is 28.4 Å². The lowest BCUT2D eigenvalue weighted by Gasteiger charge is -2.33. The van der Waals surface area contributed by atoms with Gasteiger partial charge in [-0.25, -0.2) is 0 Å². The molecule has 0 N–H and O–H groups in total. The fraction of sp³-hybridized carbons (Fsp3) is 0.0645. The number of nitrogens with zero attached hydrogens (tertiary/aromatic N) is 4. The Labute approximate surface area is 385 Å². The van der Waals surface area contributed by atoms with Gasteiger partial charge in [-0.05, 0) is 141 Å². The molecule has 0 fully saturated rings. The first-order chi connectivity index (χ1) is 32.6. The molecule has 2 heterocycles. The van der Waals surface area contributed by atoms with Crippen LogP contribution < -0.4 is 9.80 Å². The molecule has 0 bridgehead atoms. The Morgan fingerprint density at radius 1 is 0.394 bits per heavy atom. The summed E-state index contributed by atoms with van der Waals surface area (Å²) in [6.07, 6.45) is 7.92. The molecule has 12 rings (SSSR count). The first-order valence-electron chi connectivity index (χ1n) is 22.9. The zero-order valence-electron chi connectivity index (χ0n) is 37.1. The van der Waals surface area contributed by atoms with Crippen molar-refractivity contribution in [3.8, 4) is 22.5 Å². The van der Waals surface area contributed by atoms with Gasteiger partial charge in [-0.1, -0.05) is 139 Å². The summed E-state index contributed by atoms with van der Waals surface area (Å²) in [6, 6.07) is 79.9. The highest BCUT2D eigenvalue weighted by Gasteiger charge is 2.23. The molecule has 4 heteroatoms. The van der Waals surface area contributed by atoms with Gasteiger partial charge >= 0.3 is 0 Å². The summed E-state index contributed by atoms with van der Waals surface area (Å²) in [4.78, 5) is 4.88. The summed E-state index contributed by atoms with van der Waals surface area (Å²) in [6.45, 7) is 4.33. The van der Waals surface area contributed by atoms with E-state index >= 15 is 0 Å². The molecule has 0 saturated carbocycles. The molecule has 0 saturated heterocycles. The number of aromatic nitrogens is 2. The first kappa shape index (κ1) is 39.3.